The van der Waals surface area contributed by atoms with Gasteiger partial charge < -0.3 is 9.47 Å². The van der Waals surface area contributed by atoms with Crippen LogP contribution < -0.4 is 13.8 Å². The summed E-state index contributed by atoms with van der Waals surface area (Å²) < 4.78 is 38.9. The standard InChI is InChI=1S/C27H31NO5S/c1-19-7-14-23(15-8-19)34(30,31)28(21-10-12-22(32-6)13-11-21)26(29)18-33-25-16-9-20(2)17-24(25)27(3,4)5/h7-17H,18H2,1-6H3. The van der Waals surface area contributed by atoms with Gasteiger partial charge in [0, 0.05) is 0 Å². The Balaban J connectivity index is 1.98. The fourth-order valence-electron chi connectivity index (χ4n) is 3.50. The summed E-state index contributed by atoms with van der Waals surface area (Å²) in [6.07, 6.45) is 0. The van der Waals surface area contributed by atoms with Crippen molar-refractivity contribution in [1.82, 2.24) is 0 Å². The van der Waals surface area contributed by atoms with Crippen molar-refractivity contribution in [1.29, 1.82) is 0 Å². The number of amides is 1. The first-order valence-corrected chi connectivity index (χ1v) is 12.4. The molecule has 0 aliphatic carbocycles. The highest BCUT2D eigenvalue weighted by Gasteiger charge is 2.32. The zero-order valence-electron chi connectivity index (χ0n) is 20.5. The van der Waals surface area contributed by atoms with Crippen molar-refractivity contribution >= 4 is 21.6 Å². The molecular formula is C27H31NO5S. The van der Waals surface area contributed by atoms with Gasteiger partial charge in [-0.3, -0.25) is 4.79 Å². The van der Waals surface area contributed by atoms with Crippen molar-refractivity contribution in [2.45, 2.75) is 44.9 Å². The lowest BCUT2D eigenvalue weighted by Crippen LogP contribution is -2.40. The van der Waals surface area contributed by atoms with Crippen LogP contribution in [-0.4, -0.2) is 28.0 Å². The van der Waals surface area contributed by atoms with Crippen molar-refractivity contribution < 1.29 is 22.7 Å². The van der Waals surface area contributed by atoms with E-state index in [1.165, 1.54) is 31.4 Å². The highest BCUT2D eigenvalue weighted by atomic mass is 32.2. The minimum Gasteiger partial charge on any atom is -0.497 e. The molecular weight excluding hydrogens is 450 g/mol. The van der Waals surface area contributed by atoms with Crippen molar-refractivity contribution in [3.05, 3.63) is 83.4 Å². The van der Waals surface area contributed by atoms with Crippen LogP contribution in [0.5, 0.6) is 11.5 Å². The number of sulfonamides is 1. The fourth-order valence-corrected chi connectivity index (χ4v) is 4.91. The Hall–Kier alpha value is -3.32. The SMILES string of the molecule is COc1ccc(N(C(=O)COc2ccc(C)cc2C(C)(C)C)S(=O)(=O)c2ccc(C)cc2)cc1. The monoisotopic (exact) mass is 481 g/mol. The molecule has 0 fully saturated rings. The number of benzene rings is 3. The topological polar surface area (TPSA) is 72.9 Å². The molecule has 0 N–H and O–H groups in total. The molecule has 3 rings (SSSR count). The maximum atomic E-state index is 13.5. The second-order valence-corrected chi connectivity index (χ2v) is 11.0. The smallest absolute Gasteiger partial charge is 0.278 e. The number of carbonyl (C=O) groups excluding carboxylic acids is 1. The van der Waals surface area contributed by atoms with Gasteiger partial charge in [-0.05, 0) is 67.3 Å². The number of nitrogens with zero attached hydrogens (tertiary/aromatic N) is 1. The second-order valence-electron chi connectivity index (χ2n) is 9.21. The summed E-state index contributed by atoms with van der Waals surface area (Å²) in [6, 6.07) is 18.4. The number of aryl methyl sites for hydroxylation is 2. The molecule has 0 aromatic heterocycles. The Morgan fingerprint density at radius 3 is 2.03 bits per heavy atom. The second kappa shape index (κ2) is 9.89. The summed E-state index contributed by atoms with van der Waals surface area (Å²) in [6.45, 7) is 9.59. The third-order valence-electron chi connectivity index (χ3n) is 5.39. The molecule has 0 atom stereocenters. The molecule has 0 radical (unpaired) electrons. The first kappa shape index (κ1) is 25.3. The van der Waals surface area contributed by atoms with E-state index >= 15 is 0 Å². The van der Waals surface area contributed by atoms with Crippen molar-refractivity contribution in [2.24, 2.45) is 0 Å². The number of ether oxygens (including phenoxy) is 2. The van der Waals surface area contributed by atoms with E-state index in [0.29, 0.717) is 11.5 Å². The minimum absolute atomic E-state index is 0.0213. The van der Waals surface area contributed by atoms with E-state index < -0.39 is 22.5 Å². The van der Waals surface area contributed by atoms with Crippen LogP contribution in [-0.2, 0) is 20.2 Å². The van der Waals surface area contributed by atoms with Crippen LogP contribution >= 0.6 is 0 Å². The number of methoxy groups -OCH3 is 1. The molecule has 0 saturated heterocycles. The first-order chi connectivity index (χ1) is 15.9. The molecule has 0 unspecified atom stereocenters. The summed E-state index contributed by atoms with van der Waals surface area (Å²) >= 11 is 0. The zero-order valence-corrected chi connectivity index (χ0v) is 21.3. The Kier molecular flexibility index (Phi) is 7.36. The molecule has 3 aromatic rings. The highest BCUT2D eigenvalue weighted by molar-refractivity contribution is 7.93. The van der Waals surface area contributed by atoms with E-state index in [9.17, 15) is 13.2 Å². The quantitative estimate of drug-likeness (QED) is 0.451. The molecule has 1 amide bonds. The van der Waals surface area contributed by atoms with Crippen LogP contribution in [0.15, 0.2) is 71.6 Å². The van der Waals surface area contributed by atoms with Crippen molar-refractivity contribution in [2.75, 3.05) is 18.0 Å². The van der Waals surface area contributed by atoms with Crippen LogP contribution in [0.2, 0.25) is 0 Å². The number of anilines is 1. The van der Waals surface area contributed by atoms with E-state index in [4.69, 9.17) is 9.47 Å². The maximum absolute atomic E-state index is 13.5. The molecule has 0 heterocycles. The molecule has 0 saturated carbocycles. The molecule has 0 spiro atoms. The lowest BCUT2D eigenvalue weighted by Gasteiger charge is -2.25. The van der Waals surface area contributed by atoms with Crippen molar-refractivity contribution in [3.8, 4) is 11.5 Å². The Morgan fingerprint density at radius 2 is 1.47 bits per heavy atom. The van der Waals surface area contributed by atoms with Gasteiger partial charge in [-0.1, -0.05) is 56.2 Å². The van der Waals surface area contributed by atoms with Crippen molar-refractivity contribution in [3.63, 3.8) is 0 Å². The van der Waals surface area contributed by atoms with Gasteiger partial charge in [-0.2, -0.15) is 4.31 Å². The molecule has 0 aliphatic heterocycles. The molecule has 3 aromatic carbocycles. The van der Waals surface area contributed by atoms with E-state index in [2.05, 4.69) is 20.8 Å². The van der Waals surface area contributed by atoms with E-state index in [1.807, 2.05) is 32.0 Å². The minimum atomic E-state index is -4.18. The zero-order chi connectivity index (χ0) is 25.1. The lowest BCUT2D eigenvalue weighted by molar-refractivity contribution is -0.119. The van der Waals surface area contributed by atoms with Crippen LogP contribution in [0.1, 0.15) is 37.5 Å². The summed E-state index contributed by atoms with van der Waals surface area (Å²) in [5.74, 6) is 0.398. The van der Waals surface area contributed by atoms with E-state index in [0.717, 1.165) is 21.0 Å². The van der Waals surface area contributed by atoms with Gasteiger partial charge in [-0.25, -0.2) is 8.42 Å². The Morgan fingerprint density at radius 1 is 0.882 bits per heavy atom. The predicted molar refractivity (Wildman–Crippen MR) is 134 cm³/mol. The summed E-state index contributed by atoms with van der Waals surface area (Å²) in [7, 11) is -2.66. The molecule has 7 heteroatoms. The normalized spacial score (nSPS) is 11.7. The van der Waals surface area contributed by atoms with Crippen LogP contribution in [0.25, 0.3) is 0 Å². The van der Waals surface area contributed by atoms with Gasteiger partial charge in [0.1, 0.15) is 11.5 Å². The number of hydrogen-bond acceptors (Lipinski definition) is 5. The van der Waals surface area contributed by atoms with Gasteiger partial charge in [0.15, 0.2) is 6.61 Å². The van der Waals surface area contributed by atoms with Crippen LogP contribution in [0.3, 0.4) is 0 Å². The molecule has 0 bridgehead atoms. The average Bonchev–Trinajstić information content (AvgIpc) is 2.78. The van der Waals surface area contributed by atoms with Crippen LogP contribution in [0, 0.1) is 13.8 Å². The van der Waals surface area contributed by atoms with Gasteiger partial charge >= 0.3 is 0 Å². The third kappa shape index (κ3) is 5.59. The van der Waals surface area contributed by atoms with E-state index in [1.54, 1.807) is 24.3 Å². The lowest BCUT2D eigenvalue weighted by atomic mass is 9.85. The Bertz CT molecular complexity index is 1260. The molecule has 0 aliphatic rings. The van der Waals surface area contributed by atoms with Gasteiger partial charge in [0.05, 0.1) is 17.7 Å². The van der Waals surface area contributed by atoms with Gasteiger partial charge in [-0.15, -0.1) is 0 Å². The fraction of sp³-hybridized carbons (Fsp3) is 0.296. The molecule has 34 heavy (non-hydrogen) atoms. The molecule has 6 nitrogen and oxygen atoms in total. The Labute approximate surface area is 202 Å². The number of hydrogen-bond donors (Lipinski definition) is 0. The van der Waals surface area contributed by atoms with E-state index in [-0.39, 0.29) is 16.0 Å². The third-order valence-corrected chi connectivity index (χ3v) is 7.15. The largest absolute Gasteiger partial charge is 0.497 e. The number of rotatable bonds is 7. The number of carbonyl (C=O) groups is 1. The first-order valence-electron chi connectivity index (χ1n) is 11.0. The van der Waals surface area contributed by atoms with Gasteiger partial charge in [0.25, 0.3) is 15.9 Å². The summed E-state index contributed by atoms with van der Waals surface area (Å²) in [5.41, 5.74) is 2.92. The van der Waals surface area contributed by atoms with Gasteiger partial charge in [0.2, 0.25) is 0 Å². The summed E-state index contributed by atoms with van der Waals surface area (Å²) in [4.78, 5) is 13.4. The predicted octanol–water partition coefficient (Wildman–Crippen LogP) is 5.41. The maximum Gasteiger partial charge on any atom is 0.278 e. The average molecular weight is 482 g/mol. The highest BCUT2D eigenvalue weighted by Crippen LogP contribution is 2.33. The summed E-state index contributed by atoms with van der Waals surface area (Å²) in [5, 5.41) is 0. The molecule has 180 valence electrons. The van der Waals surface area contributed by atoms with Crippen LogP contribution in [0.4, 0.5) is 5.69 Å².